The number of rotatable bonds is 5. The first-order chi connectivity index (χ1) is 7.19. The molecule has 0 spiro atoms. The van der Waals surface area contributed by atoms with Crippen LogP contribution in [0.2, 0.25) is 0 Å². The average molecular weight is 210 g/mol. The van der Waals surface area contributed by atoms with E-state index in [-0.39, 0.29) is 11.9 Å². The molecule has 1 rings (SSSR count). The SMILES string of the molecule is CCCN(C)C(CN)c1cccc(F)c1. The summed E-state index contributed by atoms with van der Waals surface area (Å²) in [6.45, 7) is 3.61. The Morgan fingerprint density at radius 2 is 2.20 bits per heavy atom. The van der Waals surface area contributed by atoms with Gasteiger partial charge in [0.2, 0.25) is 0 Å². The molecule has 1 unspecified atom stereocenters. The first-order valence-corrected chi connectivity index (χ1v) is 5.34. The van der Waals surface area contributed by atoms with Gasteiger partial charge in [-0.1, -0.05) is 19.1 Å². The van der Waals surface area contributed by atoms with Crippen molar-refractivity contribution in [3.05, 3.63) is 35.6 Å². The molecule has 1 atom stereocenters. The van der Waals surface area contributed by atoms with Crippen LogP contribution in [0.25, 0.3) is 0 Å². The molecule has 0 aromatic heterocycles. The van der Waals surface area contributed by atoms with Crippen molar-refractivity contribution in [1.82, 2.24) is 4.90 Å². The van der Waals surface area contributed by atoms with Crippen molar-refractivity contribution in [3.8, 4) is 0 Å². The number of hydrogen-bond acceptors (Lipinski definition) is 2. The molecule has 0 saturated carbocycles. The zero-order chi connectivity index (χ0) is 11.3. The van der Waals surface area contributed by atoms with Crippen molar-refractivity contribution in [2.45, 2.75) is 19.4 Å². The van der Waals surface area contributed by atoms with Crippen LogP contribution in [0.15, 0.2) is 24.3 Å². The van der Waals surface area contributed by atoms with Crippen LogP contribution in [0, 0.1) is 5.82 Å². The van der Waals surface area contributed by atoms with Gasteiger partial charge in [0.25, 0.3) is 0 Å². The quantitative estimate of drug-likeness (QED) is 0.807. The Hall–Kier alpha value is -0.930. The summed E-state index contributed by atoms with van der Waals surface area (Å²) < 4.78 is 13.1. The lowest BCUT2D eigenvalue weighted by molar-refractivity contribution is 0.250. The second-order valence-electron chi connectivity index (χ2n) is 3.79. The third-order valence-corrected chi connectivity index (χ3v) is 2.57. The zero-order valence-corrected chi connectivity index (χ0v) is 9.41. The highest BCUT2D eigenvalue weighted by atomic mass is 19.1. The van der Waals surface area contributed by atoms with E-state index in [1.165, 1.54) is 6.07 Å². The monoisotopic (exact) mass is 210 g/mol. The average Bonchev–Trinajstić information content (AvgIpc) is 2.19. The summed E-state index contributed by atoms with van der Waals surface area (Å²) in [4.78, 5) is 2.16. The first kappa shape index (κ1) is 12.1. The zero-order valence-electron chi connectivity index (χ0n) is 9.41. The normalized spacial score (nSPS) is 13.1. The van der Waals surface area contributed by atoms with Crippen molar-refractivity contribution in [2.24, 2.45) is 5.73 Å². The van der Waals surface area contributed by atoms with E-state index in [1.54, 1.807) is 12.1 Å². The van der Waals surface area contributed by atoms with Crippen LogP contribution in [0.3, 0.4) is 0 Å². The van der Waals surface area contributed by atoms with Crippen molar-refractivity contribution in [1.29, 1.82) is 0 Å². The molecule has 0 bridgehead atoms. The summed E-state index contributed by atoms with van der Waals surface area (Å²) in [5, 5.41) is 0. The molecule has 0 fully saturated rings. The van der Waals surface area contributed by atoms with Gasteiger partial charge in [0, 0.05) is 12.6 Å². The Kier molecular flexibility index (Phi) is 4.72. The van der Waals surface area contributed by atoms with Crippen LogP contribution in [0.1, 0.15) is 24.9 Å². The minimum absolute atomic E-state index is 0.112. The number of nitrogens with zero attached hydrogens (tertiary/aromatic N) is 1. The summed E-state index contributed by atoms with van der Waals surface area (Å²) >= 11 is 0. The van der Waals surface area contributed by atoms with Gasteiger partial charge in [-0.15, -0.1) is 0 Å². The van der Waals surface area contributed by atoms with Gasteiger partial charge >= 0.3 is 0 Å². The number of halogens is 1. The number of benzene rings is 1. The number of hydrogen-bond donors (Lipinski definition) is 1. The van der Waals surface area contributed by atoms with E-state index in [2.05, 4.69) is 11.8 Å². The Labute approximate surface area is 90.9 Å². The molecule has 2 N–H and O–H groups in total. The van der Waals surface area contributed by atoms with Gasteiger partial charge in [-0.3, -0.25) is 4.90 Å². The maximum absolute atomic E-state index is 13.1. The van der Waals surface area contributed by atoms with E-state index in [9.17, 15) is 4.39 Å². The Balaban J connectivity index is 2.82. The van der Waals surface area contributed by atoms with E-state index in [0.29, 0.717) is 6.54 Å². The van der Waals surface area contributed by atoms with E-state index in [4.69, 9.17) is 5.73 Å². The van der Waals surface area contributed by atoms with Gasteiger partial charge < -0.3 is 5.73 Å². The highest BCUT2D eigenvalue weighted by Crippen LogP contribution is 2.18. The molecule has 1 aromatic rings. The van der Waals surface area contributed by atoms with Crippen LogP contribution >= 0.6 is 0 Å². The molecule has 15 heavy (non-hydrogen) atoms. The van der Waals surface area contributed by atoms with Gasteiger partial charge in [0.15, 0.2) is 0 Å². The molecule has 0 radical (unpaired) electrons. The molecule has 0 amide bonds. The lowest BCUT2D eigenvalue weighted by Gasteiger charge is -2.26. The molecule has 0 heterocycles. The van der Waals surface area contributed by atoms with E-state index in [0.717, 1.165) is 18.5 Å². The lowest BCUT2D eigenvalue weighted by Crippen LogP contribution is -2.31. The third kappa shape index (κ3) is 3.29. The van der Waals surface area contributed by atoms with Crippen LogP contribution in [-0.4, -0.2) is 25.0 Å². The van der Waals surface area contributed by atoms with Crippen LogP contribution in [0.4, 0.5) is 4.39 Å². The van der Waals surface area contributed by atoms with Gasteiger partial charge in [-0.25, -0.2) is 4.39 Å². The molecule has 1 aromatic carbocycles. The summed E-state index contributed by atoms with van der Waals surface area (Å²) in [7, 11) is 2.02. The molecule has 0 aliphatic rings. The van der Waals surface area contributed by atoms with Gasteiger partial charge in [0.05, 0.1) is 0 Å². The highest BCUT2D eigenvalue weighted by molar-refractivity contribution is 5.20. The van der Waals surface area contributed by atoms with E-state index < -0.39 is 0 Å². The molecular formula is C12H19FN2. The fourth-order valence-electron chi connectivity index (χ4n) is 1.79. The molecule has 0 aliphatic heterocycles. The maximum atomic E-state index is 13.1. The Morgan fingerprint density at radius 3 is 2.73 bits per heavy atom. The third-order valence-electron chi connectivity index (χ3n) is 2.57. The van der Waals surface area contributed by atoms with Gasteiger partial charge in [-0.2, -0.15) is 0 Å². The molecule has 2 nitrogen and oxygen atoms in total. The van der Waals surface area contributed by atoms with Crippen LogP contribution in [0.5, 0.6) is 0 Å². The summed E-state index contributed by atoms with van der Waals surface area (Å²) in [5.41, 5.74) is 6.67. The van der Waals surface area contributed by atoms with Gasteiger partial charge in [0.1, 0.15) is 5.82 Å². The number of nitrogens with two attached hydrogens (primary N) is 1. The minimum atomic E-state index is -0.198. The molecule has 3 heteroatoms. The Bertz CT molecular complexity index is 301. The second-order valence-corrected chi connectivity index (χ2v) is 3.79. The second kappa shape index (κ2) is 5.83. The predicted molar refractivity (Wildman–Crippen MR) is 61.1 cm³/mol. The van der Waals surface area contributed by atoms with Crippen molar-refractivity contribution >= 4 is 0 Å². The Morgan fingerprint density at radius 1 is 1.47 bits per heavy atom. The summed E-state index contributed by atoms with van der Waals surface area (Å²) in [6, 6.07) is 6.78. The largest absolute Gasteiger partial charge is 0.329 e. The predicted octanol–water partition coefficient (Wildman–Crippen LogP) is 2.17. The maximum Gasteiger partial charge on any atom is 0.123 e. The fraction of sp³-hybridized carbons (Fsp3) is 0.500. The topological polar surface area (TPSA) is 29.3 Å². The first-order valence-electron chi connectivity index (χ1n) is 5.34. The molecule has 84 valence electrons. The van der Waals surface area contributed by atoms with Crippen molar-refractivity contribution in [3.63, 3.8) is 0 Å². The summed E-state index contributed by atoms with van der Waals surface area (Å²) in [5.74, 6) is -0.198. The van der Waals surface area contributed by atoms with E-state index >= 15 is 0 Å². The smallest absolute Gasteiger partial charge is 0.123 e. The lowest BCUT2D eigenvalue weighted by atomic mass is 10.1. The number of likely N-dealkylation sites (N-methyl/N-ethyl adjacent to an activating group) is 1. The standard InChI is InChI=1S/C12H19FN2/c1-3-7-15(2)12(9-14)10-5-4-6-11(13)8-10/h4-6,8,12H,3,7,9,14H2,1-2H3. The molecule has 0 aliphatic carbocycles. The van der Waals surface area contributed by atoms with Crippen molar-refractivity contribution in [2.75, 3.05) is 20.1 Å². The van der Waals surface area contributed by atoms with Crippen LogP contribution < -0.4 is 5.73 Å². The van der Waals surface area contributed by atoms with Crippen molar-refractivity contribution < 1.29 is 4.39 Å². The molecule has 0 saturated heterocycles. The van der Waals surface area contributed by atoms with Gasteiger partial charge in [-0.05, 0) is 37.7 Å². The highest BCUT2D eigenvalue weighted by Gasteiger charge is 2.14. The fourth-order valence-corrected chi connectivity index (χ4v) is 1.79. The minimum Gasteiger partial charge on any atom is -0.329 e. The van der Waals surface area contributed by atoms with Crippen LogP contribution in [-0.2, 0) is 0 Å². The summed E-state index contributed by atoms with van der Waals surface area (Å²) in [6.07, 6.45) is 1.07. The molecular weight excluding hydrogens is 191 g/mol. The van der Waals surface area contributed by atoms with E-state index in [1.807, 2.05) is 13.1 Å².